The lowest BCUT2D eigenvalue weighted by Crippen LogP contribution is -2.51. The number of ether oxygens (including phenoxy) is 2. The van der Waals surface area contributed by atoms with E-state index in [1.54, 1.807) is 12.1 Å². The second-order valence-electron chi connectivity index (χ2n) is 18.2. The standard InChI is InChI=1S/C54H68ClFN6O6.C2H6.CH2O2/c1-8-9-14-39(16-12-31-67-47-18-11-15-40-32-41(56)19-20-42(40)47)43-21-22-45(55)52(51(36(2)3)38(5)59(6)7)53(43)57-25-26-60-27-29-61(30-28-60)50(65)34-68-48-17-10-13-37(4)44(48)33-62(35-63)46-23-24-49(64)58-54(46)66;1-2;2-1-3/h10,13-14,17-22,32,35,46,57H,2,8-9,11-12,15-16,23-31,33-34H2,1,3-7H3,(H,58,64,66);1-2H3;1H,(H,2,3)/b39-14+,51-38+;;. The summed E-state index contributed by atoms with van der Waals surface area (Å²) >= 11 is 7.18. The minimum atomic E-state index is -0.769. The van der Waals surface area contributed by atoms with Crippen molar-refractivity contribution < 1.29 is 42.9 Å². The molecule has 3 aliphatic rings. The van der Waals surface area contributed by atoms with Gasteiger partial charge in [0.05, 0.1) is 23.9 Å². The first-order valence-electron chi connectivity index (χ1n) is 25.4. The first kappa shape index (κ1) is 59.1. The highest BCUT2D eigenvalue weighted by molar-refractivity contribution is 6.33. The number of carbonyl (C=O) groups is 5. The number of fused-ring (bicyclic) bond motifs is 1. The lowest BCUT2D eigenvalue weighted by molar-refractivity contribution is -0.141. The summed E-state index contributed by atoms with van der Waals surface area (Å²) in [7, 11) is 4.05. The molecule has 1 unspecified atom stereocenters. The number of nitrogens with zero attached hydrogens (tertiary/aromatic N) is 4. The number of aryl methyl sites for hydroxylation is 2. The van der Waals surface area contributed by atoms with Gasteiger partial charge < -0.3 is 34.6 Å². The van der Waals surface area contributed by atoms with Crippen LogP contribution in [0, 0.1) is 12.7 Å². The first-order chi connectivity index (χ1) is 35.1. The highest BCUT2D eigenvalue weighted by Crippen LogP contribution is 2.42. The van der Waals surface area contributed by atoms with E-state index in [1.807, 2.05) is 71.0 Å². The zero-order valence-electron chi connectivity index (χ0n) is 44.1. The van der Waals surface area contributed by atoms with Crippen LogP contribution >= 0.6 is 11.6 Å². The third-order valence-electron chi connectivity index (χ3n) is 13.1. The van der Waals surface area contributed by atoms with Gasteiger partial charge in [-0.3, -0.25) is 34.2 Å². The van der Waals surface area contributed by atoms with E-state index in [2.05, 4.69) is 59.1 Å². The SMILES string of the molecule is C=C(C)/C(=C(/C)N(C)C)c1c(Cl)ccc(/C(=C/CCC)CCCOC2=CCCc3cc(F)ccc32)c1NCCN1CCN(C(=O)COc2cccc(C)c2CN(C=O)C2CCC(=O)NC2=O)CC1.CC.O=CO. The molecule has 3 aromatic carbocycles. The number of carbonyl (C=O) groups excluding carboxylic acids is 4. The van der Waals surface area contributed by atoms with Gasteiger partial charge in [0.25, 0.3) is 12.4 Å². The molecule has 0 aromatic heterocycles. The molecule has 2 heterocycles. The van der Waals surface area contributed by atoms with Crippen molar-refractivity contribution in [2.75, 3.05) is 71.9 Å². The van der Waals surface area contributed by atoms with Crippen molar-refractivity contribution >= 4 is 64.8 Å². The van der Waals surface area contributed by atoms with Gasteiger partial charge in [-0.15, -0.1) is 0 Å². The summed E-state index contributed by atoms with van der Waals surface area (Å²) in [5, 5.41) is 13.7. The van der Waals surface area contributed by atoms with Crippen molar-refractivity contribution in [1.29, 1.82) is 0 Å². The Labute approximate surface area is 436 Å². The van der Waals surface area contributed by atoms with Crippen LogP contribution in [0.4, 0.5) is 10.1 Å². The predicted molar refractivity (Wildman–Crippen MR) is 289 cm³/mol. The molecule has 73 heavy (non-hydrogen) atoms. The van der Waals surface area contributed by atoms with Crippen LogP contribution in [0.5, 0.6) is 5.75 Å². The van der Waals surface area contributed by atoms with Gasteiger partial charge in [0.15, 0.2) is 6.61 Å². The Morgan fingerprint density at radius 2 is 1.77 bits per heavy atom. The number of hydrogen-bond donors (Lipinski definition) is 3. The van der Waals surface area contributed by atoms with Gasteiger partial charge in [0.2, 0.25) is 18.2 Å². The molecule has 16 heteroatoms. The zero-order valence-corrected chi connectivity index (χ0v) is 44.8. The van der Waals surface area contributed by atoms with Crippen molar-refractivity contribution in [3.05, 3.63) is 123 Å². The van der Waals surface area contributed by atoms with Crippen LogP contribution in [-0.2, 0) is 41.7 Å². The number of imide groups is 1. The molecule has 1 atom stereocenters. The number of piperidine rings is 1. The maximum atomic E-state index is 14.0. The molecule has 0 spiro atoms. The number of rotatable bonds is 22. The van der Waals surface area contributed by atoms with Crippen LogP contribution in [0.25, 0.3) is 16.9 Å². The molecule has 0 bridgehead atoms. The van der Waals surface area contributed by atoms with E-state index < -0.39 is 11.9 Å². The molecular weight excluding hydrogens is 951 g/mol. The Balaban J connectivity index is 0.00000223. The first-order valence-corrected chi connectivity index (χ1v) is 25.8. The molecule has 14 nitrogen and oxygen atoms in total. The number of carboxylic acid groups (broad SMARTS) is 1. The second kappa shape index (κ2) is 29.9. The van der Waals surface area contributed by atoms with E-state index in [4.69, 9.17) is 31.0 Å². The number of amides is 4. The van der Waals surface area contributed by atoms with Gasteiger partial charge in [0.1, 0.15) is 23.4 Å². The van der Waals surface area contributed by atoms with Gasteiger partial charge in [0, 0.05) is 93.3 Å². The largest absolute Gasteiger partial charge is 0.493 e. The quantitative estimate of drug-likeness (QED) is 0.0381. The molecule has 3 aromatic rings. The van der Waals surface area contributed by atoms with Gasteiger partial charge in [-0.1, -0.05) is 69.6 Å². The van der Waals surface area contributed by atoms with Gasteiger partial charge >= 0.3 is 0 Å². The van der Waals surface area contributed by atoms with Crippen LogP contribution < -0.4 is 15.4 Å². The fraction of sp³-hybridized carbons (Fsp3) is 0.456. The molecule has 6 rings (SSSR count). The monoisotopic (exact) mass is 1030 g/mol. The highest BCUT2D eigenvalue weighted by atomic mass is 35.5. The molecule has 0 radical (unpaired) electrons. The van der Waals surface area contributed by atoms with Crippen molar-refractivity contribution in [3.63, 3.8) is 0 Å². The van der Waals surface area contributed by atoms with Crippen LogP contribution in [0.2, 0.25) is 5.02 Å². The van der Waals surface area contributed by atoms with E-state index >= 15 is 0 Å². The van der Waals surface area contributed by atoms with E-state index in [0.29, 0.717) is 62.1 Å². The summed E-state index contributed by atoms with van der Waals surface area (Å²) in [6.45, 7) is 20.6. The fourth-order valence-corrected chi connectivity index (χ4v) is 9.38. The van der Waals surface area contributed by atoms with Crippen molar-refractivity contribution in [3.8, 4) is 5.75 Å². The molecule has 2 aliphatic heterocycles. The Morgan fingerprint density at radius 3 is 2.42 bits per heavy atom. The number of hydrogen-bond acceptors (Lipinski definition) is 10. The van der Waals surface area contributed by atoms with Gasteiger partial charge in [-0.25, -0.2) is 4.39 Å². The lowest BCUT2D eigenvalue weighted by Gasteiger charge is -2.35. The fourth-order valence-electron chi connectivity index (χ4n) is 9.13. The molecule has 2 saturated heterocycles. The third-order valence-corrected chi connectivity index (χ3v) is 13.4. The average molecular weight is 1030 g/mol. The summed E-state index contributed by atoms with van der Waals surface area (Å²) in [6, 6.07) is 13.7. The summed E-state index contributed by atoms with van der Waals surface area (Å²) < 4.78 is 26.5. The van der Waals surface area contributed by atoms with E-state index in [9.17, 15) is 23.6 Å². The normalized spacial score (nSPS) is 15.9. The summed E-state index contributed by atoms with van der Waals surface area (Å²) in [5.74, 6) is 0.0766. The van der Waals surface area contributed by atoms with Crippen LogP contribution in [-0.4, -0.2) is 128 Å². The Bertz CT molecular complexity index is 2500. The summed E-state index contributed by atoms with van der Waals surface area (Å²) in [6.07, 6.45) is 10.6. The van der Waals surface area contributed by atoms with Crippen LogP contribution in [0.1, 0.15) is 113 Å². The minimum absolute atomic E-state index is 0.0987. The number of piperazine rings is 1. The summed E-state index contributed by atoms with van der Waals surface area (Å²) in [4.78, 5) is 66.0. The topological polar surface area (TPSA) is 161 Å². The number of allylic oxidation sites excluding steroid dienone is 6. The average Bonchev–Trinajstić information content (AvgIpc) is 3.37. The lowest BCUT2D eigenvalue weighted by atomic mass is 9.89. The number of halogens is 2. The van der Waals surface area contributed by atoms with E-state index in [-0.39, 0.29) is 50.1 Å². The molecule has 2 fully saturated rings. The molecule has 0 saturated carbocycles. The van der Waals surface area contributed by atoms with Crippen molar-refractivity contribution in [1.82, 2.24) is 24.9 Å². The smallest absolute Gasteiger partial charge is 0.290 e. The molecule has 1 aliphatic carbocycles. The number of unbranched alkanes of at least 4 members (excludes halogenated alkanes) is 1. The van der Waals surface area contributed by atoms with E-state index in [1.165, 1.54) is 16.5 Å². The molecular formula is C57H76ClFN6O8. The molecule has 4 amide bonds. The van der Waals surface area contributed by atoms with Crippen LogP contribution in [0.3, 0.4) is 0 Å². The molecule has 3 N–H and O–H groups in total. The van der Waals surface area contributed by atoms with Crippen LogP contribution in [0.15, 0.2) is 78.5 Å². The highest BCUT2D eigenvalue weighted by Gasteiger charge is 2.32. The maximum Gasteiger partial charge on any atom is 0.290 e. The Hall–Kier alpha value is -6.45. The Kier molecular flexibility index (Phi) is 24.2. The zero-order chi connectivity index (χ0) is 53.6. The predicted octanol–water partition coefficient (Wildman–Crippen LogP) is 9.75. The Morgan fingerprint density at radius 1 is 1.04 bits per heavy atom. The number of nitrogens with one attached hydrogen (secondary N) is 2. The van der Waals surface area contributed by atoms with Crippen molar-refractivity contribution in [2.45, 2.75) is 105 Å². The van der Waals surface area contributed by atoms with Gasteiger partial charge in [-0.2, -0.15) is 0 Å². The minimum Gasteiger partial charge on any atom is -0.493 e. The molecule has 396 valence electrons. The number of anilines is 1. The van der Waals surface area contributed by atoms with Gasteiger partial charge in [-0.05, 0) is 118 Å². The van der Waals surface area contributed by atoms with Crippen molar-refractivity contribution in [2.24, 2.45) is 0 Å². The number of benzene rings is 3. The van der Waals surface area contributed by atoms with E-state index in [0.717, 1.165) is 101 Å². The maximum absolute atomic E-state index is 14.0. The summed E-state index contributed by atoms with van der Waals surface area (Å²) in [5.41, 5.74) is 10.6. The second-order valence-corrected chi connectivity index (χ2v) is 18.6. The third kappa shape index (κ3) is 16.5.